The number of rotatable bonds is 3. The maximum absolute atomic E-state index is 11.8. The van der Waals surface area contributed by atoms with Gasteiger partial charge in [0.1, 0.15) is 17.5 Å². The van der Waals surface area contributed by atoms with Crippen molar-refractivity contribution in [2.75, 3.05) is 0 Å². The average Bonchev–Trinajstić information content (AvgIpc) is 2.28. The summed E-state index contributed by atoms with van der Waals surface area (Å²) < 4.78 is 5.80. The monoisotopic (exact) mass is 328 g/mol. The van der Waals surface area contributed by atoms with Gasteiger partial charge in [0.25, 0.3) is 0 Å². The fourth-order valence-corrected chi connectivity index (χ4v) is 1.77. The number of halogens is 1. The number of esters is 1. The molecule has 0 aromatic heterocycles. The van der Waals surface area contributed by atoms with E-state index in [0.717, 1.165) is 0 Å². The zero-order chi connectivity index (χ0) is 14.8. The van der Waals surface area contributed by atoms with Crippen molar-refractivity contribution in [2.45, 2.75) is 32.5 Å². The second kappa shape index (κ2) is 5.75. The third-order valence-corrected chi connectivity index (χ3v) is 2.77. The Bertz CT molecular complexity index is 503. The summed E-state index contributed by atoms with van der Waals surface area (Å²) in [6.45, 7) is 8.70. The zero-order valence-electron chi connectivity index (χ0n) is 11.1. The van der Waals surface area contributed by atoms with Crippen LogP contribution in [0.5, 0.6) is 5.75 Å². The van der Waals surface area contributed by atoms with Crippen molar-refractivity contribution in [1.82, 2.24) is 0 Å². The summed E-state index contributed by atoms with van der Waals surface area (Å²) in [5, 5.41) is 19.8. The molecule has 19 heavy (non-hydrogen) atoms. The Hall–Kier alpha value is -1.33. The van der Waals surface area contributed by atoms with Crippen molar-refractivity contribution >= 4 is 21.9 Å². The molecule has 4 nitrogen and oxygen atoms in total. The summed E-state index contributed by atoms with van der Waals surface area (Å²) in [7, 11) is 0. The highest BCUT2D eigenvalue weighted by atomic mass is 79.9. The molecule has 1 unspecified atom stereocenters. The standard InChI is InChI=1S/C14H17BrO4/c1-8(13(18)19-14(2,3)4)12(17)10-7-9(15)5-6-11(10)16/h5-7,12,16-17H,1H2,2-4H3. The number of phenols is 1. The maximum Gasteiger partial charge on any atom is 0.336 e. The van der Waals surface area contributed by atoms with Crippen molar-refractivity contribution in [3.63, 3.8) is 0 Å². The van der Waals surface area contributed by atoms with Gasteiger partial charge in [0.05, 0.1) is 5.57 Å². The smallest absolute Gasteiger partial charge is 0.336 e. The molecule has 5 heteroatoms. The molecule has 1 atom stereocenters. The van der Waals surface area contributed by atoms with Gasteiger partial charge in [-0.25, -0.2) is 4.79 Å². The molecule has 0 radical (unpaired) electrons. The second-order valence-corrected chi connectivity index (χ2v) is 6.05. The fourth-order valence-electron chi connectivity index (χ4n) is 1.39. The number of aliphatic hydroxyl groups is 1. The Morgan fingerprint density at radius 3 is 2.53 bits per heavy atom. The summed E-state index contributed by atoms with van der Waals surface area (Å²) >= 11 is 3.23. The minimum Gasteiger partial charge on any atom is -0.508 e. The molecule has 1 aromatic carbocycles. The first kappa shape index (κ1) is 15.7. The van der Waals surface area contributed by atoms with Gasteiger partial charge in [-0.15, -0.1) is 0 Å². The van der Waals surface area contributed by atoms with Crippen LogP contribution >= 0.6 is 15.9 Å². The van der Waals surface area contributed by atoms with Crippen molar-refractivity contribution < 1.29 is 19.7 Å². The van der Waals surface area contributed by atoms with Crippen LogP contribution in [-0.4, -0.2) is 21.8 Å². The summed E-state index contributed by atoms with van der Waals surface area (Å²) in [5.41, 5.74) is -0.590. The van der Waals surface area contributed by atoms with E-state index in [-0.39, 0.29) is 16.9 Å². The van der Waals surface area contributed by atoms with E-state index in [1.54, 1.807) is 26.8 Å². The Morgan fingerprint density at radius 1 is 1.42 bits per heavy atom. The number of hydrogen-bond donors (Lipinski definition) is 2. The lowest BCUT2D eigenvalue weighted by Crippen LogP contribution is -2.26. The molecule has 1 rings (SSSR count). The fraction of sp³-hybridized carbons (Fsp3) is 0.357. The first-order valence-electron chi connectivity index (χ1n) is 5.70. The summed E-state index contributed by atoms with van der Waals surface area (Å²) in [6.07, 6.45) is -1.31. The highest BCUT2D eigenvalue weighted by Gasteiger charge is 2.25. The van der Waals surface area contributed by atoms with E-state index in [0.29, 0.717) is 4.47 Å². The molecule has 0 aliphatic rings. The van der Waals surface area contributed by atoms with Gasteiger partial charge < -0.3 is 14.9 Å². The minimum atomic E-state index is -1.31. The maximum atomic E-state index is 11.8. The summed E-state index contributed by atoms with van der Waals surface area (Å²) in [5.74, 6) is -0.806. The second-order valence-electron chi connectivity index (χ2n) is 5.13. The van der Waals surface area contributed by atoms with Crippen molar-refractivity contribution in [3.05, 3.63) is 40.4 Å². The number of hydrogen-bond acceptors (Lipinski definition) is 4. The summed E-state index contributed by atoms with van der Waals surface area (Å²) in [6, 6.07) is 4.57. The molecule has 0 heterocycles. The van der Waals surface area contributed by atoms with E-state index in [1.165, 1.54) is 12.1 Å². The van der Waals surface area contributed by atoms with Crippen molar-refractivity contribution in [2.24, 2.45) is 0 Å². The molecule has 0 fully saturated rings. The Morgan fingerprint density at radius 2 is 2.00 bits per heavy atom. The highest BCUT2D eigenvalue weighted by molar-refractivity contribution is 9.10. The Balaban J connectivity index is 2.94. The number of phenolic OH excluding ortho intramolecular Hbond substituents is 1. The minimum absolute atomic E-state index is 0.111. The molecule has 0 bridgehead atoms. The molecule has 0 spiro atoms. The van der Waals surface area contributed by atoms with Crippen molar-refractivity contribution in [3.8, 4) is 5.75 Å². The van der Waals surface area contributed by atoms with Crippen molar-refractivity contribution in [1.29, 1.82) is 0 Å². The van der Waals surface area contributed by atoms with Crippen LogP contribution in [0.25, 0.3) is 0 Å². The molecular formula is C14H17BrO4. The predicted octanol–water partition coefficient (Wildman–Crippen LogP) is 3.09. The van der Waals surface area contributed by atoms with Crippen LogP contribution in [0.3, 0.4) is 0 Å². The number of aromatic hydroxyl groups is 1. The SMILES string of the molecule is C=C(C(=O)OC(C)(C)C)C(O)c1cc(Br)ccc1O. The molecule has 0 saturated heterocycles. The van der Waals surface area contributed by atoms with Gasteiger partial charge in [-0.1, -0.05) is 22.5 Å². The third kappa shape index (κ3) is 4.36. The van der Waals surface area contributed by atoms with E-state index in [1.807, 2.05) is 0 Å². The van der Waals surface area contributed by atoms with Gasteiger partial charge in [-0.2, -0.15) is 0 Å². The van der Waals surface area contributed by atoms with Crippen LogP contribution in [0.2, 0.25) is 0 Å². The van der Waals surface area contributed by atoms with Gasteiger partial charge in [-0.05, 0) is 39.0 Å². The molecule has 0 saturated carbocycles. The van der Waals surface area contributed by atoms with E-state index in [4.69, 9.17) is 4.74 Å². The highest BCUT2D eigenvalue weighted by Crippen LogP contribution is 2.31. The largest absolute Gasteiger partial charge is 0.508 e. The van der Waals surface area contributed by atoms with Gasteiger partial charge in [0.2, 0.25) is 0 Å². The lowest BCUT2D eigenvalue weighted by molar-refractivity contribution is -0.151. The normalized spacial score (nSPS) is 12.9. The zero-order valence-corrected chi connectivity index (χ0v) is 12.7. The first-order valence-corrected chi connectivity index (χ1v) is 6.50. The topological polar surface area (TPSA) is 66.8 Å². The predicted molar refractivity (Wildman–Crippen MR) is 75.8 cm³/mol. The Labute approximate surface area is 120 Å². The lowest BCUT2D eigenvalue weighted by Gasteiger charge is -2.22. The number of carbonyl (C=O) groups is 1. The molecule has 104 valence electrons. The molecule has 0 amide bonds. The molecule has 1 aromatic rings. The average molecular weight is 329 g/mol. The van der Waals surface area contributed by atoms with E-state index >= 15 is 0 Å². The van der Waals surface area contributed by atoms with Crippen LogP contribution in [0.15, 0.2) is 34.8 Å². The van der Waals surface area contributed by atoms with Gasteiger partial charge in [0, 0.05) is 10.0 Å². The molecule has 0 aliphatic carbocycles. The molecule has 0 aliphatic heterocycles. The first-order chi connectivity index (χ1) is 8.61. The van der Waals surface area contributed by atoms with E-state index in [9.17, 15) is 15.0 Å². The van der Waals surface area contributed by atoms with Crippen LogP contribution in [0, 0.1) is 0 Å². The van der Waals surface area contributed by atoms with Gasteiger partial charge in [-0.3, -0.25) is 0 Å². The summed E-state index contributed by atoms with van der Waals surface area (Å²) in [4.78, 5) is 11.8. The number of aliphatic hydroxyl groups excluding tert-OH is 1. The van der Waals surface area contributed by atoms with Crippen LogP contribution in [0.1, 0.15) is 32.4 Å². The lowest BCUT2D eigenvalue weighted by atomic mass is 10.0. The number of carbonyl (C=O) groups excluding carboxylic acids is 1. The quantitative estimate of drug-likeness (QED) is 0.661. The van der Waals surface area contributed by atoms with Crippen LogP contribution in [-0.2, 0) is 9.53 Å². The third-order valence-electron chi connectivity index (χ3n) is 2.28. The van der Waals surface area contributed by atoms with Crippen LogP contribution < -0.4 is 0 Å². The number of ether oxygens (including phenoxy) is 1. The molecule has 2 N–H and O–H groups in total. The van der Waals surface area contributed by atoms with E-state index in [2.05, 4.69) is 22.5 Å². The Kier molecular flexibility index (Phi) is 4.76. The van der Waals surface area contributed by atoms with Crippen LogP contribution in [0.4, 0.5) is 0 Å². The van der Waals surface area contributed by atoms with Gasteiger partial charge in [0.15, 0.2) is 0 Å². The van der Waals surface area contributed by atoms with E-state index < -0.39 is 17.7 Å². The van der Waals surface area contributed by atoms with Gasteiger partial charge >= 0.3 is 5.97 Å². The molecular weight excluding hydrogens is 312 g/mol. The number of benzene rings is 1.